The molecule has 0 saturated carbocycles. The van der Waals surface area contributed by atoms with Crippen LogP contribution in [0.15, 0.2) is 35.3 Å². The number of aliphatic imine (C=N–C) groups is 1. The van der Waals surface area contributed by atoms with Gasteiger partial charge in [0.05, 0.1) is 35.5 Å². The summed E-state index contributed by atoms with van der Waals surface area (Å²) in [4.78, 5) is 4.26. The van der Waals surface area contributed by atoms with Gasteiger partial charge in [-0.2, -0.15) is 0 Å². The Bertz CT molecular complexity index is 814. The number of guanidine groups is 1. The van der Waals surface area contributed by atoms with Crippen LogP contribution >= 0.6 is 0 Å². The van der Waals surface area contributed by atoms with Crippen LogP contribution in [0.2, 0.25) is 0 Å². The molecule has 2 rings (SSSR count). The summed E-state index contributed by atoms with van der Waals surface area (Å²) in [5.41, 5.74) is 2.01. The molecule has 0 aliphatic rings. The maximum absolute atomic E-state index is 5.40. The molecule has 0 atom stereocenters. The first-order valence-electron chi connectivity index (χ1n) is 9.04. The third-order valence-electron chi connectivity index (χ3n) is 4.32. The number of nitrogens with zero attached hydrogens (tertiary/aromatic N) is 1. The van der Waals surface area contributed by atoms with Crippen molar-refractivity contribution in [3.05, 3.63) is 41.5 Å². The van der Waals surface area contributed by atoms with Crippen molar-refractivity contribution in [3.8, 4) is 28.7 Å². The standard InChI is InChI=1S/C21H29N3O5/c1-22-21(23-12-14-7-8-16(25-2)17(9-14)26-3)24-13-15-10-18(27-4)20(29-6)19(11-15)28-5/h7-11H,12-13H2,1-6H3,(H2,22,23,24). The lowest BCUT2D eigenvalue weighted by Crippen LogP contribution is -2.36. The van der Waals surface area contributed by atoms with Crippen LogP contribution in [-0.4, -0.2) is 48.6 Å². The van der Waals surface area contributed by atoms with Crippen molar-refractivity contribution in [2.45, 2.75) is 13.1 Å². The molecule has 29 heavy (non-hydrogen) atoms. The Kier molecular flexibility index (Phi) is 8.27. The van der Waals surface area contributed by atoms with E-state index >= 15 is 0 Å². The molecule has 0 bridgehead atoms. The number of ether oxygens (including phenoxy) is 5. The molecule has 0 spiro atoms. The van der Waals surface area contributed by atoms with E-state index in [2.05, 4.69) is 15.6 Å². The molecule has 8 nitrogen and oxygen atoms in total. The summed E-state index contributed by atoms with van der Waals surface area (Å²) in [6, 6.07) is 9.58. The SMILES string of the molecule is CN=C(NCc1ccc(OC)c(OC)c1)NCc1cc(OC)c(OC)c(OC)c1. The molecule has 2 N–H and O–H groups in total. The minimum atomic E-state index is 0.530. The predicted molar refractivity (Wildman–Crippen MR) is 113 cm³/mol. The third kappa shape index (κ3) is 5.60. The average molecular weight is 403 g/mol. The second-order valence-corrected chi connectivity index (χ2v) is 6.00. The Morgan fingerprint density at radius 3 is 1.69 bits per heavy atom. The van der Waals surface area contributed by atoms with Crippen LogP contribution in [-0.2, 0) is 13.1 Å². The highest BCUT2D eigenvalue weighted by molar-refractivity contribution is 5.79. The van der Waals surface area contributed by atoms with Crippen LogP contribution in [0.3, 0.4) is 0 Å². The highest BCUT2D eigenvalue weighted by atomic mass is 16.5. The maximum Gasteiger partial charge on any atom is 0.203 e. The van der Waals surface area contributed by atoms with Crippen LogP contribution in [0, 0.1) is 0 Å². The fourth-order valence-corrected chi connectivity index (χ4v) is 2.82. The second-order valence-electron chi connectivity index (χ2n) is 6.00. The molecular formula is C21H29N3O5. The van der Waals surface area contributed by atoms with E-state index in [-0.39, 0.29) is 0 Å². The lowest BCUT2D eigenvalue weighted by atomic mass is 10.1. The zero-order chi connectivity index (χ0) is 21.2. The first kappa shape index (κ1) is 22.0. The number of hydrogen-bond donors (Lipinski definition) is 2. The first-order chi connectivity index (χ1) is 14.1. The third-order valence-corrected chi connectivity index (χ3v) is 4.32. The first-order valence-corrected chi connectivity index (χ1v) is 9.04. The van der Waals surface area contributed by atoms with E-state index in [4.69, 9.17) is 23.7 Å². The summed E-state index contributed by atoms with van der Waals surface area (Å²) in [5.74, 6) is 3.82. The van der Waals surface area contributed by atoms with Crippen LogP contribution in [0.5, 0.6) is 28.7 Å². The van der Waals surface area contributed by atoms with E-state index in [1.54, 1.807) is 42.6 Å². The molecule has 0 amide bonds. The summed E-state index contributed by atoms with van der Waals surface area (Å²) in [6.45, 7) is 1.11. The molecule has 0 saturated heterocycles. The van der Waals surface area contributed by atoms with E-state index in [0.29, 0.717) is 47.8 Å². The molecule has 0 aliphatic carbocycles. The van der Waals surface area contributed by atoms with Crippen molar-refractivity contribution >= 4 is 5.96 Å². The predicted octanol–water partition coefficient (Wildman–Crippen LogP) is 2.59. The monoisotopic (exact) mass is 403 g/mol. The molecule has 2 aromatic rings. The average Bonchev–Trinajstić information content (AvgIpc) is 2.77. The van der Waals surface area contributed by atoms with Crippen molar-refractivity contribution in [2.24, 2.45) is 4.99 Å². The van der Waals surface area contributed by atoms with Crippen molar-refractivity contribution < 1.29 is 23.7 Å². The normalized spacial score (nSPS) is 10.9. The number of nitrogens with one attached hydrogen (secondary N) is 2. The van der Waals surface area contributed by atoms with Crippen LogP contribution in [0.25, 0.3) is 0 Å². The summed E-state index contributed by atoms with van der Waals surface area (Å²) in [7, 11) is 9.73. The molecule has 0 radical (unpaired) electrons. The van der Waals surface area contributed by atoms with Crippen molar-refractivity contribution in [2.75, 3.05) is 42.6 Å². The fraction of sp³-hybridized carbons (Fsp3) is 0.381. The number of methoxy groups -OCH3 is 5. The fourth-order valence-electron chi connectivity index (χ4n) is 2.82. The minimum absolute atomic E-state index is 0.530. The van der Waals surface area contributed by atoms with Crippen LogP contribution in [0.4, 0.5) is 0 Å². The molecule has 0 heterocycles. The van der Waals surface area contributed by atoms with Gasteiger partial charge in [0.15, 0.2) is 29.0 Å². The topological polar surface area (TPSA) is 82.6 Å². The molecule has 0 aromatic heterocycles. The van der Waals surface area contributed by atoms with Gasteiger partial charge in [0.2, 0.25) is 5.75 Å². The van der Waals surface area contributed by atoms with E-state index < -0.39 is 0 Å². The molecule has 2 aromatic carbocycles. The van der Waals surface area contributed by atoms with Gasteiger partial charge < -0.3 is 34.3 Å². The molecule has 158 valence electrons. The maximum atomic E-state index is 5.40. The largest absolute Gasteiger partial charge is 0.493 e. The second kappa shape index (κ2) is 10.9. The van der Waals surface area contributed by atoms with E-state index in [0.717, 1.165) is 11.1 Å². The van der Waals surface area contributed by atoms with E-state index in [9.17, 15) is 0 Å². The highest BCUT2D eigenvalue weighted by Gasteiger charge is 2.13. The van der Waals surface area contributed by atoms with Gasteiger partial charge in [-0.15, -0.1) is 0 Å². The molecule has 0 aliphatic heterocycles. The van der Waals surface area contributed by atoms with Crippen LogP contribution < -0.4 is 34.3 Å². The summed E-state index contributed by atoms with van der Waals surface area (Å²) < 4.78 is 26.8. The van der Waals surface area contributed by atoms with Gasteiger partial charge >= 0.3 is 0 Å². The molecule has 8 heteroatoms. The summed E-state index contributed by atoms with van der Waals surface area (Å²) >= 11 is 0. The molecular weight excluding hydrogens is 374 g/mol. The minimum Gasteiger partial charge on any atom is -0.493 e. The van der Waals surface area contributed by atoms with Gasteiger partial charge in [0.25, 0.3) is 0 Å². The number of benzene rings is 2. The Morgan fingerprint density at radius 1 is 0.690 bits per heavy atom. The zero-order valence-electron chi connectivity index (χ0n) is 17.8. The highest BCUT2D eigenvalue weighted by Crippen LogP contribution is 2.38. The quantitative estimate of drug-likeness (QED) is 0.492. The van der Waals surface area contributed by atoms with Crippen LogP contribution in [0.1, 0.15) is 11.1 Å². The van der Waals surface area contributed by atoms with Gasteiger partial charge in [-0.3, -0.25) is 4.99 Å². The zero-order valence-corrected chi connectivity index (χ0v) is 17.8. The number of hydrogen-bond acceptors (Lipinski definition) is 6. The van der Waals surface area contributed by atoms with Gasteiger partial charge in [0.1, 0.15) is 0 Å². The van der Waals surface area contributed by atoms with Crippen molar-refractivity contribution in [1.82, 2.24) is 10.6 Å². The van der Waals surface area contributed by atoms with Gasteiger partial charge in [-0.05, 0) is 35.4 Å². The Hall–Kier alpha value is -3.29. The Labute approximate surface area is 171 Å². The number of rotatable bonds is 9. The summed E-state index contributed by atoms with van der Waals surface area (Å²) in [5, 5.41) is 6.56. The lowest BCUT2D eigenvalue weighted by Gasteiger charge is -2.16. The van der Waals surface area contributed by atoms with Crippen molar-refractivity contribution in [1.29, 1.82) is 0 Å². The van der Waals surface area contributed by atoms with Gasteiger partial charge in [-0.25, -0.2) is 0 Å². The van der Waals surface area contributed by atoms with Gasteiger partial charge in [-0.1, -0.05) is 6.07 Å². The Morgan fingerprint density at radius 2 is 1.21 bits per heavy atom. The Balaban J connectivity index is 2.03. The smallest absolute Gasteiger partial charge is 0.203 e. The molecule has 0 unspecified atom stereocenters. The lowest BCUT2D eigenvalue weighted by molar-refractivity contribution is 0.323. The van der Waals surface area contributed by atoms with E-state index in [1.165, 1.54) is 0 Å². The van der Waals surface area contributed by atoms with Gasteiger partial charge in [0, 0.05) is 20.1 Å². The van der Waals surface area contributed by atoms with E-state index in [1.807, 2.05) is 30.3 Å². The summed E-state index contributed by atoms with van der Waals surface area (Å²) in [6.07, 6.45) is 0. The molecule has 0 fully saturated rings. The van der Waals surface area contributed by atoms with Crippen molar-refractivity contribution in [3.63, 3.8) is 0 Å².